The number of aliphatic carboxylic acids is 1. The normalized spacial score (nSPS) is 13.7. The molecule has 0 saturated carbocycles. The van der Waals surface area contributed by atoms with Gasteiger partial charge in [-0.25, -0.2) is 9.59 Å². The van der Waals surface area contributed by atoms with Gasteiger partial charge in [0, 0.05) is 12.7 Å². The second-order valence-electron chi connectivity index (χ2n) is 4.15. The Morgan fingerprint density at radius 1 is 1.50 bits per heavy atom. The molecule has 1 unspecified atom stereocenters. The second-order valence-corrected chi connectivity index (χ2v) is 4.15. The number of aromatic nitrogens is 2. The van der Waals surface area contributed by atoms with Crippen LogP contribution in [0.2, 0.25) is 0 Å². The molecule has 0 spiro atoms. The van der Waals surface area contributed by atoms with Crippen molar-refractivity contribution in [1.82, 2.24) is 15.1 Å². The molecule has 0 fully saturated rings. The number of urea groups is 1. The van der Waals surface area contributed by atoms with Gasteiger partial charge in [-0.3, -0.25) is 4.68 Å². The number of nitrogens with one attached hydrogen (secondary N) is 2. The number of nitrogens with zero attached hydrogens (tertiary/aromatic N) is 2. The largest absolute Gasteiger partial charge is 0.480 e. The van der Waals surface area contributed by atoms with Crippen molar-refractivity contribution in [3.05, 3.63) is 12.4 Å². The zero-order valence-electron chi connectivity index (χ0n) is 10.7. The van der Waals surface area contributed by atoms with E-state index in [2.05, 4.69) is 15.7 Å². The molecule has 7 heteroatoms. The van der Waals surface area contributed by atoms with Gasteiger partial charge in [0.2, 0.25) is 0 Å². The first kappa shape index (κ1) is 14.0. The molecule has 2 amide bonds. The minimum absolute atomic E-state index is 0.296. The van der Waals surface area contributed by atoms with Crippen molar-refractivity contribution in [3.8, 4) is 0 Å². The summed E-state index contributed by atoms with van der Waals surface area (Å²) >= 11 is 0. The monoisotopic (exact) mass is 254 g/mol. The lowest BCUT2D eigenvalue weighted by atomic mass is 10.00. The van der Waals surface area contributed by atoms with Gasteiger partial charge in [0.25, 0.3) is 0 Å². The van der Waals surface area contributed by atoms with Crippen LogP contribution < -0.4 is 10.6 Å². The summed E-state index contributed by atoms with van der Waals surface area (Å²) < 4.78 is 1.66. The van der Waals surface area contributed by atoms with Gasteiger partial charge in [0.15, 0.2) is 0 Å². The zero-order chi connectivity index (χ0) is 13.8. The van der Waals surface area contributed by atoms with E-state index in [0.717, 1.165) is 0 Å². The van der Waals surface area contributed by atoms with Crippen LogP contribution in [0.15, 0.2) is 12.4 Å². The van der Waals surface area contributed by atoms with Crippen LogP contribution in [-0.4, -0.2) is 32.4 Å². The summed E-state index contributed by atoms with van der Waals surface area (Å²) in [5.41, 5.74) is -0.747. The molecule has 18 heavy (non-hydrogen) atoms. The Kier molecular flexibility index (Phi) is 4.30. The van der Waals surface area contributed by atoms with E-state index in [1.807, 2.05) is 6.92 Å². The van der Waals surface area contributed by atoms with E-state index in [9.17, 15) is 9.59 Å². The smallest absolute Gasteiger partial charge is 0.329 e. The Morgan fingerprint density at radius 2 is 2.17 bits per heavy atom. The molecule has 0 aliphatic carbocycles. The fourth-order valence-electron chi connectivity index (χ4n) is 1.31. The molecule has 0 radical (unpaired) electrons. The van der Waals surface area contributed by atoms with Crippen LogP contribution in [0.4, 0.5) is 10.5 Å². The summed E-state index contributed by atoms with van der Waals surface area (Å²) in [6.07, 6.45) is 3.47. The lowest BCUT2D eigenvalue weighted by Crippen LogP contribution is -2.53. The molecular formula is C11H18N4O3. The standard InChI is InChI=1S/C11H18N4O3/c1-4-11(3,9(16)17)14-10(18)13-8-6-12-15(5-2)7-8/h6-7H,4-5H2,1-3H3,(H,16,17)(H2,13,14,18). The molecular weight excluding hydrogens is 236 g/mol. The van der Waals surface area contributed by atoms with Crippen molar-refractivity contribution >= 4 is 17.7 Å². The lowest BCUT2D eigenvalue weighted by Gasteiger charge is -2.24. The van der Waals surface area contributed by atoms with E-state index in [4.69, 9.17) is 5.11 Å². The van der Waals surface area contributed by atoms with Crippen LogP contribution in [0.1, 0.15) is 27.2 Å². The van der Waals surface area contributed by atoms with Crippen LogP contribution in [0.3, 0.4) is 0 Å². The Bertz CT molecular complexity index is 443. The van der Waals surface area contributed by atoms with Gasteiger partial charge in [0.1, 0.15) is 5.54 Å². The number of carbonyl (C=O) groups excluding carboxylic acids is 1. The number of aryl methyl sites for hydroxylation is 1. The number of rotatable bonds is 5. The van der Waals surface area contributed by atoms with Crippen LogP contribution in [0, 0.1) is 0 Å². The van der Waals surface area contributed by atoms with E-state index in [1.54, 1.807) is 17.8 Å². The number of anilines is 1. The van der Waals surface area contributed by atoms with Crippen LogP contribution in [0.25, 0.3) is 0 Å². The number of hydrogen-bond acceptors (Lipinski definition) is 3. The van der Waals surface area contributed by atoms with Crippen LogP contribution in [0.5, 0.6) is 0 Å². The van der Waals surface area contributed by atoms with Crippen molar-refractivity contribution in [1.29, 1.82) is 0 Å². The van der Waals surface area contributed by atoms with E-state index in [1.165, 1.54) is 13.1 Å². The van der Waals surface area contributed by atoms with Gasteiger partial charge in [-0.05, 0) is 20.3 Å². The minimum atomic E-state index is -1.27. The minimum Gasteiger partial charge on any atom is -0.480 e. The maximum atomic E-state index is 11.7. The Morgan fingerprint density at radius 3 is 2.61 bits per heavy atom. The van der Waals surface area contributed by atoms with Crippen molar-refractivity contribution in [3.63, 3.8) is 0 Å². The summed E-state index contributed by atoms with van der Waals surface area (Å²) in [4.78, 5) is 22.7. The highest BCUT2D eigenvalue weighted by molar-refractivity contribution is 5.93. The predicted molar refractivity (Wildman–Crippen MR) is 66.4 cm³/mol. The van der Waals surface area contributed by atoms with Gasteiger partial charge < -0.3 is 15.7 Å². The fourth-order valence-corrected chi connectivity index (χ4v) is 1.31. The average Bonchev–Trinajstić information content (AvgIpc) is 2.76. The third-order valence-corrected chi connectivity index (χ3v) is 2.78. The number of carbonyl (C=O) groups is 2. The molecule has 1 aromatic heterocycles. The maximum absolute atomic E-state index is 11.7. The molecule has 100 valence electrons. The van der Waals surface area contributed by atoms with E-state index in [0.29, 0.717) is 18.7 Å². The van der Waals surface area contributed by atoms with Gasteiger partial charge in [-0.15, -0.1) is 0 Å². The van der Waals surface area contributed by atoms with E-state index < -0.39 is 17.5 Å². The highest BCUT2D eigenvalue weighted by Gasteiger charge is 2.32. The molecule has 1 heterocycles. The number of carboxylic acid groups (broad SMARTS) is 1. The molecule has 0 aliphatic heterocycles. The molecule has 7 nitrogen and oxygen atoms in total. The van der Waals surface area contributed by atoms with Gasteiger partial charge in [0.05, 0.1) is 11.9 Å². The molecule has 0 aliphatic rings. The molecule has 0 saturated heterocycles. The summed E-state index contributed by atoms with van der Waals surface area (Å²) in [6, 6.07) is -0.558. The van der Waals surface area contributed by atoms with E-state index in [-0.39, 0.29) is 0 Å². The molecule has 0 bridgehead atoms. The molecule has 1 atom stereocenters. The maximum Gasteiger partial charge on any atom is 0.329 e. The summed E-state index contributed by atoms with van der Waals surface area (Å²) in [6.45, 7) is 5.79. The second kappa shape index (κ2) is 5.52. The predicted octanol–water partition coefficient (Wildman–Crippen LogP) is 1.28. The summed E-state index contributed by atoms with van der Waals surface area (Å²) in [7, 11) is 0. The average molecular weight is 254 g/mol. The Labute approximate surface area is 105 Å². The van der Waals surface area contributed by atoms with Crippen molar-refractivity contribution < 1.29 is 14.7 Å². The molecule has 3 N–H and O–H groups in total. The number of carboxylic acids is 1. The highest BCUT2D eigenvalue weighted by atomic mass is 16.4. The number of amides is 2. The van der Waals surface area contributed by atoms with Gasteiger partial charge in [-0.2, -0.15) is 5.10 Å². The number of hydrogen-bond donors (Lipinski definition) is 3. The Balaban J connectivity index is 2.63. The first-order valence-electron chi connectivity index (χ1n) is 5.76. The first-order valence-corrected chi connectivity index (χ1v) is 5.76. The first-order chi connectivity index (χ1) is 8.41. The van der Waals surface area contributed by atoms with Crippen LogP contribution >= 0.6 is 0 Å². The van der Waals surface area contributed by atoms with Crippen molar-refractivity contribution in [2.24, 2.45) is 0 Å². The Hall–Kier alpha value is -2.05. The summed E-state index contributed by atoms with van der Waals surface area (Å²) in [5.74, 6) is -1.07. The third kappa shape index (κ3) is 3.22. The topological polar surface area (TPSA) is 96.2 Å². The van der Waals surface area contributed by atoms with Crippen molar-refractivity contribution in [2.75, 3.05) is 5.32 Å². The zero-order valence-corrected chi connectivity index (χ0v) is 10.7. The van der Waals surface area contributed by atoms with Gasteiger partial charge in [-0.1, -0.05) is 6.92 Å². The third-order valence-electron chi connectivity index (χ3n) is 2.78. The summed E-state index contributed by atoms with van der Waals surface area (Å²) in [5, 5.41) is 18.0. The van der Waals surface area contributed by atoms with Crippen LogP contribution in [-0.2, 0) is 11.3 Å². The van der Waals surface area contributed by atoms with Gasteiger partial charge >= 0.3 is 12.0 Å². The highest BCUT2D eigenvalue weighted by Crippen LogP contribution is 2.10. The SMILES string of the molecule is CCn1cc(NC(=O)NC(C)(CC)C(=O)O)cn1. The fraction of sp³-hybridized carbons (Fsp3) is 0.545. The lowest BCUT2D eigenvalue weighted by molar-refractivity contribution is -0.143. The molecule has 0 aromatic carbocycles. The quantitative estimate of drug-likeness (QED) is 0.737. The molecule has 1 aromatic rings. The van der Waals surface area contributed by atoms with Crippen molar-refractivity contribution in [2.45, 2.75) is 39.3 Å². The van der Waals surface area contributed by atoms with E-state index >= 15 is 0 Å². The molecule has 1 rings (SSSR count).